The second kappa shape index (κ2) is 12.9. The largest absolute Gasteiger partial charge is 0.383 e. The molecule has 0 radical (unpaired) electrons. The van der Waals surface area contributed by atoms with Gasteiger partial charge in [0.25, 0.3) is 0 Å². The number of rotatable bonds is 11. The van der Waals surface area contributed by atoms with Crippen LogP contribution in [0.25, 0.3) is 22.2 Å². The topological polar surface area (TPSA) is 50.6 Å². The smallest absolute Gasteiger partial charge is 0.135 e. The van der Waals surface area contributed by atoms with Gasteiger partial charge in [0, 0.05) is 54.7 Å². The lowest BCUT2D eigenvalue weighted by Gasteiger charge is -2.23. The second-order valence-corrected chi connectivity index (χ2v) is 8.48. The molecular weight excluding hydrogens is 470 g/mol. The zero-order valence-electron chi connectivity index (χ0n) is 21.8. The molecule has 0 fully saturated rings. The number of allylic oxidation sites excluding steroid dienone is 3. The molecule has 0 amide bonds. The summed E-state index contributed by atoms with van der Waals surface area (Å²) in [4.78, 5) is 15.4. The number of aromatic nitrogens is 2. The SMILES string of the molecule is C#CC(/C(N=CC=C)=C(/C)CC)c1cc(-c2ncnc3cc(N(CC)CCOC)ccc23)c(F)cc1F. The zero-order chi connectivity index (χ0) is 26.9. The van der Waals surface area contributed by atoms with Crippen molar-refractivity contribution in [2.24, 2.45) is 4.99 Å². The maximum atomic E-state index is 15.2. The first kappa shape index (κ1) is 27.7. The molecule has 1 aromatic heterocycles. The van der Waals surface area contributed by atoms with Crippen LogP contribution in [0, 0.1) is 24.0 Å². The van der Waals surface area contributed by atoms with Gasteiger partial charge < -0.3 is 9.64 Å². The maximum Gasteiger partial charge on any atom is 0.135 e. The average Bonchev–Trinajstić information content (AvgIpc) is 2.91. The molecule has 0 saturated carbocycles. The van der Waals surface area contributed by atoms with Crippen molar-refractivity contribution < 1.29 is 13.5 Å². The van der Waals surface area contributed by atoms with Crippen LogP contribution >= 0.6 is 0 Å². The van der Waals surface area contributed by atoms with Crippen molar-refractivity contribution in [1.82, 2.24) is 9.97 Å². The van der Waals surface area contributed by atoms with Gasteiger partial charge in [0.1, 0.15) is 18.0 Å². The first-order valence-electron chi connectivity index (χ1n) is 12.2. The van der Waals surface area contributed by atoms with Gasteiger partial charge in [-0.3, -0.25) is 4.99 Å². The molecule has 3 rings (SSSR count). The fourth-order valence-electron chi connectivity index (χ4n) is 4.16. The van der Waals surface area contributed by atoms with E-state index in [1.165, 1.54) is 24.7 Å². The number of hydrogen-bond acceptors (Lipinski definition) is 5. The molecule has 192 valence electrons. The Bertz CT molecular complexity index is 1370. The van der Waals surface area contributed by atoms with E-state index in [1.807, 2.05) is 32.0 Å². The predicted octanol–water partition coefficient (Wildman–Crippen LogP) is 6.71. The van der Waals surface area contributed by atoms with Gasteiger partial charge in [-0.2, -0.15) is 0 Å². The summed E-state index contributed by atoms with van der Waals surface area (Å²) in [5, 5.41) is 0.646. The number of nitrogens with zero attached hydrogens (tertiary/aromatic N) is 4. The zero-order valence-corrected chi connectivity index (χ0v) is 21.8. The van der Waals surface area contributed by atoms with Gasteiger partial charge in [-0.25, -0.2) is 18.7 Å². The Hall–Kier alpha value is -3.89. The number of terminal acetylenes is 1. The summed E-state index contributed by atoms with van der Waals surface area (Å²) in [7, 11) is 1.66. The van der Waals surface area contributed by atoms with E-state index in [1.54, 1.807) is 7.11 Å². The number of likely N-dealkylation sites (N-methyl/N-ethyl adjacent to an activating group) is 1. The second-order valence-electron chi connectivity index (χ2n) is 8.48. The van der Waals surface area contributed by atoms with Crippen molar-refractivity contribution in [2.45, 2.75) is 33.1 Å². The Morgan fingerprint density at radius 1 is 1.22 bits per heavy atom. The van der Waals surface area contributed by atoms with Gasteiger partial charge in [0.15, 0.2) is 0 Å². The quantitative estimate of drug-likeness (QED) is 0.216. The highest BCUT2D eigenvalue weighted by Crippen LogP contribution is 2.36. The van der Waals surface area contributed by atoms with Crippen molar-refractivity contribution in [2.75, 3.05) is 31.7 Å². The van der Waals surface area contributed by atoms with Crippen LogP contribution in [0.1, 0.15) is 38.7 Å². The van der Waals surface area contributed by atoms with Gasteiger partial charge in [0.05, 0.1) is 29.4 Å². The Labute approximate surface area is 217 Å². The Kier molecular flexibility index (Phi) is 9.64. The predicted molar refractivity (Wildman–Crippen MR) is 148 cm³/mol. The van der Waals surface area contributed by atoms with Crippen LogP contribution < -0.4 is 4.90 Å². The van der Waals surface area contributed by atoms with E-state index < -0.39 is 17.6 Å². The molecule has 0 aliphatic carbocycles. The van der Waals surface area contributed by atoms with Crippen LogP contribution in [0.2, 0.25) is 0 Å². The van der Waals surface area contributed by atoms with Gasteiger partial charge in [-0.05, 0) is 44.5 Å². The van der Waals surface area contributed by atoms with Crippen LogP contribution in [0.5, 0.6) is 0 Å². The molecule has 0 N–H and O–H groups in total. The first-order chi connectivity index (χ1) is 17.9. The van der Waals surface area contributed by atoms with E-state index in [0.29, 0.717) is 35.3 Å². The molecule has 1 heterocycles. The first-order valence-corrected chi connectivity index (χ1v) is 12.2. The van der Waals surface area contributed by atoms with E-state index in [-0.39, 0.29) is 11.1 Å². The third kappa shape index (κ3) is 6.10. The highest BCUT2D eigenvalue weighted by molar-refractivity contribution is 5.94. The Morgan fingerprint density at radius 3 is 2.65 bits per heavy atom. The Morgan fingerprint density at radius 2 is 2.00 bits per heavy atom. The van der Waals surface area contributed by atoms with Crippen LogP contribution in [0.15, 0.2) is 65.6 Å². The molecule has 3 aromatic rings. The van der Waals surface area contributed by atoms with Crippen LogP contribution in [0.3, 0.4) is 0 Å². The van der Waals surface area contributed by atoms with E-state index in [9.17, 15) is 0 Å². The van der Waals surface area contributed by atoms with Gasteiger partial charge in [0.2, 0.25) is 0 Å². The molecule has 0 saturated heterocycles. The van der Waals surface area contributed by atoms with Gasteiger partial charge >= 0.3 is 0 Å². The van der Waals surface area contributed by atoms with E-state index in [4.69, 9.17) is 11.2 Å². The minimum atomic E-state index is -0.811. The average molecular weight is 503 g/mol. The third-order valence-electron chi connectivity index (χ3n) is 6.31. The summed E-state index contributed by atoms with van der Waals surface area (Å²) in [5.74, 6) is 0.362. The number of ether oxygens (including phenoxy) is 1. The van der Waals surface area contributed by atoms with Crippen molar-refractivity contribution in [1.29, 1.82) is 0 Å². The van der Waals surface area contributed by atoms with Gasteiger partial charge in [-0.15, -0.1) is 6.42 Å². The van der Waals surface area contributed by atoms with Crippen LogP contribution in [0.4, 0.5) is 14.5 Å². The molecular formula is C30H32F2N4O. The molecule has 5 nitrogen and oxygen atoms in total. The molecule has 1 atom stereocenters. The molecule has 0 aliphatic heterocycles. The molecule has 0 aliphatic rings. The van der Waals surface area contributed by atoms with Crippen LogP contribution in [-0.2, 0) is 4.74 Å². The number of methoxy groups -OCH3 is 1. The summed E-state index contributed by atoms with van der Waals surface area (Å²) < 4.78 is 35.6. The minimum Gasteiger partial charge on any atom is -0.383 e. The number of fused-ring (bicyclic) bond motifs is 1. The lowest BCUT2D eigenvalue weighted by Crippen LogP contribution is -2.26. The van der Waals surface area contributed by atoms with Crippen molar-refractivity contribution in [3.8, 4) is 23.6 Å². The molecule has 37 heavy (non-hydrogen) atoms. The highest BCUT2D eigenvalue weighted by Gasteiger charge is 2.23. The van der Waals surface area contributed by atoms with Crippen LogP contribution in [-0.4, -0.2) is 43.0 Å². The number of aliphatic imine (C=N–C) groups is 1. The summed E-state index contributed by atoms with van der Waals surface area (Å²) in [6, 6.07) is 8.03. The lowest BCUT2D eigenvalue weighted by atomic mass is 9.90. The summed E-state index contributed by atoms with van der Waals surface area (Å²) in [5.41, 5.74) is 3.71. The number of hydrogen-bond donors (Lipinski definition) is 0. The molecule has 1 unspecified atom stereocenters. The van der Waals surface area contributed by atoms with E-state index >= 15 is 8.78 Å². The Balaban J connectivity index is 2.17. The molecule has 0 spiro atoms. The highest BCUT2D eigenvalue weighted by atomic mass is 19.1. The molecule has 2 aromatic carbocycles. The summed E-state index contributed by atoms with van der Waals surface area (Å²) >= 11 is 0. The van der Waals surface area contributed by atoms with Crippen molar-refractivity contribution in [3.63, 3.8) is 0 Å². The maximum absolute atomic E-state index is 15.2. The summed E-state index contributed by atoms with van der Waals surface area (Å²) in [6.07, 6.45) is 11.0. The minimum absolute atomic E-state index is 0.143. The summed E-state index contributed by atoms with van der Waals surface area (Å²) in [6.45, 7) is 11.7. The monoisotopic (exact) mass is 502 g/mol. The van der Waals surface area contributed by atoms with E-state index in [2.05, 4.69) is 39.3 Å². The number of anilines is 1. The molecule has 0 bridgehead atoms. The fourth-order valence-corrected chi connectivity index (χ4v) is 4.16. The molecule has 7 heteroatoms. The van der Waals surface area contributed by atoms with Gasteiger partial charge in [-0.1, -0.05) is 31.1 Å². The number of benzene rings is 2. The fraction of sp³-hybridized carbons (Fsp3) is 0.300. The lowest BCUT2D eigenvalue weighted by molar-refractivity contribution is 0.205. The van der Waals surface area contributed by atoms with Crippen molar-refractivity contribution in [3.05, 3.63) is 77.8 Å². The normalized spacial score (nSPS) is 12.9. The standard InChI is InChI=1S/C30H32F2N4O/c1-7-13-33-29(20(5)8-2)22(9-3)24-17-25(27(32)18-26(24)31)30-23-12-11-21(16-28(23)34-19-35-30)36(10-4)14-15-37-6/h3,7,11-13,16-19,22H,1,8,10,14-15H2,2,4-6H3/b29-20+,33-13?. The third-order valence-corrected chi connectivity index (χ3v) is 6.31. The van der Waals surface area contributed by atoms with Crippen molar-refractivity contribution >= 4 is 22.8 Å². The van der Waals surface area contributed by atoms with E-state index in [0.717, 1.165) is 30.4 Å². The number of halogens is 2.